The van der Waals surface area contributed by atoms with Crippen molar-refractivity contribution in [3.05, 3.63) is 65.2 Å². The molecule has 0 aliphatic carbocycles. The van der Waals surface area contributed by atoms with Crippen molar-refractivity contribution in [2.24, 2.45) is 0 Å². The minimum atomic E-state index is -0.756. The highest BCUT2D eigenvalue weighted by Crippen LogP contribution is 2.37. The lowest BCUT2D eigenvalue weighted by atomic mass is 9.90. The van der Waals surface area contributed by atoms with E-state index in [9.17, 15) is 8.78 Å². The second-order valence-electron chi connectivity index (χ2n) is 5.58. The molecule has 116 valence electrons. The third kappa shape index (κ3) is 3.50. The zero-order chi connectivity index (χ0) is 15.4. The molecule has 0 unspecified atom stereocenters. The molecule has 0 aromatic heterocycles. The number of thioether (sulfide) groups is 1. The van der Waals surface area contributed by atoms with Gasteiger partial charge >= 0.3 is 0 Å². The first-order valence-electron chi connectivity index (χ1n) is 7.61. The van der Waals surface area contributed by atoms with Crippen LogP contribution in [0.25, 0.3) is 0 Å². The lowest BCUT2D eigenvalue weighted by Gasteiger charge is -2.25. The van der Waals surface area contributed by atoms with E-state index in [4.69, 9.17) is 0 Å². The van der Waals surface area contributed by atoms with E-state index in [-0.39, 0.29) is 0 Å². The molecule has 0 bridgehead atoms. The van der Waals surface area contributed by atoms with Gasteiger partial charge in [-0.1, -0.05) is 36.4 Å². The van der Waals surface area contributed by atoms with E-state index in [1.807, 2.05) is 30.3 Å². The van der Waals surface area contributed by atoms with Crippen molar-refractivity contribution in [1.82, 2.24) is 5.32 Å². The van der Waals surface area contributed by atoms with E-state index < -0.39 is 11.6 Å². The van der Waals surface area contributed by atoms with Gasteiger partial charge in [0.1, 0.15) is 0 Å². The van der Waals surface area contributed by atoms with Gasteiger partial charge in [-0.2, -0.15) is 0 Å². The minimum Gasteiger partial charge on any atom is -0.317 e. The van der Waals surface area contributed by atoms with Crippen LogP contribution in [0.2, 0.25) is 0 Å². The Morgan fingerprint density at radius 2 is 1.73 bits per heavy atom. The fourth-order valence-corrected chi connectivity index (χ4v) is 4.01. The van der Waals surface area contributed by atoms with Gasteiger partial charge in [-0.15, -0.1) is 11.8 Å². The van der Waals surface area contributed by atoms with Crippen LogP contribution in [0.4, 0.5) is 8.78 Å². The first-order valence-corrected chi connectivity index (χ1v) is 8.59. The molecule has 1 heterocycles. The summed E-state index contributed by atoms with van der Waals surface area (Å²) in [5.74, 6) is -0.487. The molecular weight excluding hydrogens is 300 g/mol. The van der Waals surface area contributed by atoms with Gasteiger partial charge in [-0.05, 0) is 49.0 Å². The second kappa shape index (κ2) is 7.25. The maximum absolute atomic E-state index is 14.3. The fraction of sp³-hybridized carbons (Fsp3) is 0.333. The maximum Gasteiger partial charge on any atom is 0.172 e. The van der Waals surface area contributed by atoms with Crippen molar-refractivity contribution in [2.75, 3.05) is 13.1 Å². The molecule has 1 saturated heterocycles. The summed E-state index contributed by atoms with van der Waals surface area (Å²) in [7, 11) is 0. The maximum atomic E-state index is 14.3. The van der Waals surface area contributed by atoms with Crippen LogP contribution in [0.1, 0.15) is 29.9 Å². The highest BCUT2D eigenvalue weighted by atomic mass is 32.2. The largest absolute Gasteiger partial charge is 0.317 e. The smallest absolute Gasteiger partial charge is 0.172 e. The lowest BCUT2D eigenvalue weighted by Crippen LogP contribution is -2.27. The van der Waals surface area contributed by atoms with Crippen LogP contribution in [0, 0.1) is 11.6 Å². The summed E-state index contributed by atoms with van der Waals surface area (Å²) >= 11 is 1.40. The molecule has 1 fully saturated rings. The third-order valence-corrected chi connectivity index (χ3v) is 5.27. The Balaban J connectivity index is 1.85. The van der Waals surface area contributed by atoms with Crippen molar-refractivity contribution in [3.8, 4) is 0 Å². The number of hydrogen-bond donors (Lipinski definition) is 1. The predicted octanol–water partition coefficient (Wildman–Crippen LogP) is 4.72. The summed E-state index contributed by atoms with van der Waals surface area (Å²) in [6.07, 6.45) is 1.95. The van der Waals surface area contributed by atoms with Crippen molar-refractivity contribution in [2.45, 2.75) is 29.4 Å². The van der Waals surface area contributed by atoms with Crippen LogP contribution >= 0.6 is 11.8 Å². The molecule has 1 nitrogen and oxygen atoms in total. The number of nitrogens with one attached hydrogen (secondary N) is 1. The number of rotatable bonds is 4. The van der Waals surface area contributed by atoms with E-state index in [0.717, 1.165) is 37.1 Å². The van der Waals surface area contributed by atoms with Crippen molar-refractivity contribution in [1.29, 1.82) is 0 Å². The molecule has 0 radical (unpaired) electrons. The summed E-state index contributed by atoms with van der Waals surface area (Å²) in [6, 6.07) is 12.9. The van der Waals surface area contributed by atoms with Crippen LogP contribution in [0.3, 0.4) is 0 Å². The van der Waals surface area contributed by atoms with Crippen LogP contribution in [-0.2, 0) is 5.75 Å². The molecule has 4 heteroatoms. The average molecular weight is 319 g/mol. The number of hydrogen-bond acceptors (Lipinski definition) is 2. The highest BCUT2D eigenvalue weighted by Gasteiger charge is 2.22. The van der Waals surface area contributed by atoms with Crippen LogP contribution in [-0.4, -0.2) is 13.1 Å². The Labute approximate surface area is 134 Å². The SMILES string of the molecule is Fc1ccc(C2CCNCC2)c(SCc2ccccc2)c1F. The molecule has 3 rings (SSSR count). The third-order valence-electron chi connectivity index (χ3n) is 4.09. The van der Waals surface area contributed by atoms with Crippen LogP contribution in [0.5, 0.6) is 0 Å². The number of piperidine rings is 1. The van der Waals surface area contributed by atoms with Gasteiger partial charge in [0.2, 0.25) is 0 Å². The van der Waals surface area contributed by atoms with E-state index in [2.05, 4.69) is 5.32 Å². The topological polar surface area (TPSA) is 12.0 Å². The first kappa shape index (κ1) is 15.5. The summed E-state index contributed by atoms with van der Waals surface area (Å²) in [4.78, 5) is 0.482. The van der Waals surface area contributed by atoms with Crippen molar-refractivity contribution >= 4 is 11.8 Å². The Morgan fingerprint density at radius 3 is 2.45 bits per heavy atom. The van der Waals surface area contributed by atoms with Gasteiger partial charge in [0, 0.05) is 10.6 Å². The van der Waals surface area contributed by atoms with Gasteiger partial charge in [-0.3, -0.25) is 0 Å². The summed E-state index contributed by atoms with van der Waals surface area (Å²) < 4.78 is 28.0. The summed E-state index contributed by atoms with van der Waals surface area (Å²) in [5, 5.41) is 3.31. The van der Waals surface area contributed by atoms with Gasteiger partial charge in [0.15, 0.2) is 11.6 Å². The van der Waals surface area contributed by atoms with E-state index in [0.29, 0.717) is 16.6 Å². The normalized spacial score (nSPS) is 15.9. The standard InChI is InChI=1S/C18H19F2NS/c19-16-7-6-15(14-8-10-21-11-9-14)18(17(16)20)22-12-13-4-2-1-3-5-13/h1-7,14,21H,8-12H2. The molecule has 22 heavy (non-hydrogen) atoms. The van der Waals surface area contributed by atoms with Gasteiger partial charge in [0.25, 0.3) is 0 Å². The van der Waals surface area contributed by atoms with E-state index in [1.165, 1.54) is 17.8 Å². The van der Waals surface area contributed by atoms with Crippen molar-refractivity contribution < 1.29 is 8.78 Å². The Morgan fingerprint density at radius 1 is 1.00 bits per heavy atom. The predicted molar refractivity (Wildman–Crippen MR) is 87.2 cm³/mol. The number of benzene rings is 2. The molecule has 1 aliphatic rings. The molecule has 0 spiro atoms. The van der Waals surface area contributed by atoms with Gasteiger partial charge in [0.05, 0.1) is 0 Å². The van der Waals surface area contributed by atoms with E-state index >= 15 is 0 Å². The van der Waals surface area contributed by atoms with Gasteiger partial charge < -0.3 is 5.32 Å². The van der Waals surface area contributed by atoms with Crippen LogP contribution < -0.4 is 5.32 Å². The summed E-state index contributed by atoms with van der Waals surface area (Å²) in [5.41, 5.74) is 2.08. The zero-order valence-corrected chi connectivity index (χ0v) is 13.1. The number of halogens is 2. The molecular formula is C18H19F2NS. The fourth-order valence-electron chi connectivity index (χ4n) is 2.88. The Kier molecular flexibility index (Phi) is 5.11. The quantitative estimate of drug-likeness (QED) is 0.818. The molecule has 0 saturated carbocycles. The van der Waals surface area contributed by atoms with Crippen LogP contribution in [0.15, 0.2) is 47.4 Å². The monoisotopic (exact) mass is 319 g/mol. The first-order chi connectivity index (χ1) is 10.8. The van der Waals surface area contributed by atoms with Gasteiger partial charge in [-0.25, -0.2) is 8.78 Å². The molecule has 1 aliphatic heterocycles. The Hall–Kier alpha value is -1.39. The van der Waals surface area contributed by atoms with Crippen molar-refractivity contribution in [3.63, 3.8) is 0 Å². The summed E-state index contributed by atoms with van der Waals surface area (Å²) in [6.45, 7) is 1.87. The molecule has 2 aromatic carbocycles. The Bertz CT molecular complexity index is 624. The lowest BCUT2D eigenvalue weighted by molar-refractivity contribution is 0.442. The van der Waals surface area contributed by atoms with E-state index in [1.54, 1.807) is 6.07 Å². The molecule has 2 aromatic rings. The average Bonchev–Trinajstić information content (AvgIpc) is 2.58. The minimum absolute atomic E-state index is 0.314. The zero-order valence-electron chi connectivity index (χ0n) is 12.3. The molecule has 0 atom stereocenters. The molecule has 0 amide bonds. The highest BCUT2D eigenvalue weighted by molar-refractivity contribution is 7.98. The second-order valence-corrected chi connectivity index (χ2v) is 6.56. The molecule has 1 N–H and O–H groups in total.